The number of urea groups is 1. The number of nitrogens with zero attached hydrogens (tertiary/aromatic N) is 1. The van der Waals surface area contributed by atoms with E-state index in [0.717, 1.165) is 18.5 Å². The Kier molecular flexibility index (Phi) is 4.68. The number of aliphatic hydroxyl groups excluding tert-OH is 1. The van der Waals surface area contributed by atoms with Crippen LogP contribution in [-0.4, -0.2) is 29.2 Å². The number of hydrogen-bond donors (Lipinski definition) is 2. The molecular formula is C18H22N2O2S. The van der Waals surface area contributed by atoms with Crippen LogP contribution in [0.2, 0.25) is 0 Å². The van der Waals surface area contributed by atoms with E-state index in [-0.39, 0.29) is 12.6 Å². The maximum Gasteiger partial charge on any atom is 0.318 e. The first-order chi connectivity index (χ1) is 11.2. The van der Waals surface area contributed by atoms with Crippen LogP contribution in [0.4, 0.5) is 4.79 Å². The molecule has 1 aliphatic heterocycles. The first-order valence-electron chi connectivity index (χ1n) is 7.97. The summed E-state index contributed by atoms with van der Waals surface area (Å²) in [5.41, 5.74) is 1.45. The van der Waals surface area contributed by atoms with Crippen molar-refractivity contribution in [1.29, 1.82) is 0 Å². The molecule has 0 spiro atoms. The predicted molar refractivity (Wildman–Crippen MR) is 92.5 cm³/mol. The van der Waals surface area contributed by atoms with Gasteiger partial charge in [0.2, 0.25) is 0 Å². The molecule has 0 unspecified atom stereocenters. The third kappa shape index (κ3) is 3.12. The van der Waals surface area contributed by atoms with Gasteiger partial charge in [-0.05, 0) is 35.4 Å². The monoisotopic (exact) mass is 330 g/mol. The van der Waals surface area contributed by atoms with E-state index in [2.05, 4.69) is 16.8 Å². The van der Waals surface area contributed by atoms with E-state index in [1.54, 1.807) is 11.3 Å². The molecule has 2 amide bonds. The smallest absolute Gasteiger partial charge is 0.318 e. The Hall–Kier alpha value is -1.85. The highest BCUT2D eigenvalue weighted by atomic mass is 32.1. The van der Waals surface area contributed by atoms with Gasteiger partial charge in [-0.2, -0.15) is 0 Å². The Morgan fingerprint density at radius 2 is 2.13 bits per heavy atom. The Morgan fingerprint density at radius 1 is 1.35 bits per heavy atom. The first kappa shape index (κ1) is 16.0. The van der Waals surface area contributed by atoms with Gasteiger partial charge in [0.15, 0.2) is 0 Å². The maximum atomic E-state index is 12.7. The van der Waals surface area contributed by atoms with E-state index < -0.39 is 5.54 Å². The zero-order valence-corrected chi connectivity index (χ0v) is 14.1. The summed E-state index contributed by atoms with van der Waals surface area (Å²) in [5.74, 6) is 0. The minimum atomic E-state index is -0.729. The van der Waals surface area contributed by atoms with Crippen LogP contribution in [0.25, 0.3) is 0 Å². The number of carbonyl (C=O) groups excluding carboxylic acids is 1. The van der Waals surface area contributed by atoms with Crippen molar-refractivity contribution in [2.75, 3.05) is 13.2 Å². The summed E-state index contributed by atoms with van der Waals surface area (Å²) >= 11 is 1.76. The lowest BCUT2D eigenvalue weighted by molar-refractivity contribution is 0.136. The van der Waals surface area contributed by atoms with Gasteiger partial charge in [0, 0.05) is 18.0 Å². The lowest BCUT2D eigenvalue weighted by Gasteiger charge is -2.36. The van der Waals surface area contributed by atoms with Crippen molar-refractivity contribution in [2.45, 2.75) is 31.8 Å². The minimum Gasteiger partial charge on any atom is -0.394 e. The fourth-order valence-electron chi connectivity index (χ4n) is 3.07. The lowest BCUT2D eigenvalue weighted by Crippen LogP contribution is -2.53. The molecule has 3 rings (SSSR count). The second-order valence-electron chi connectivity index (χ2n) is 5.93. The van der Waals surface area contributed by atoms with E-state index in [1.165, 1.54) is 10.4 Å². The van der Waals surface area contributed by atoms with Gasteiger partial charge in [-0.1, -0.05) is 37.3 Å². The highest BCUT2D eigenvalue weighted by Gasteiger charge is 2.33. The molecule has 122 valence electrons. The van der Waals surface area contributed by atoms with Crippen molar-refractivity contribution in [3.8, 4) is 0 Å². The molecule has 2 N–H and O–H groups in total. The summed E-state index contributed by atoms with van der Waals surface area (Å²) in [6, 6.07) is 11.7. The zero-order chi connectivity index (χ0) is 16.3. The quantitative estimate of drug-likeness (QED) is 0.905. The molecular weight excluding hydrogens is 308 g/mol. The SMILES string of the molecule is CC[C@](CO)(NC(=O)N1CCc2sccc2C1)c1ccccc1. The number of thiophene rings is 1. The Labute approximate surface area is 140 Å². The van der Waals surface area contributed by atoms with E-state index in [9.17, 15) is 9.90 Å². The second-order valence-corrected chi connectivity index (χ2v) is 6.93. The number of hydrogen-bond acceptors (Lipinski definition) is 3. The summed E-state index contributed by atoms with van der Waals surface area (Å²) in [4.78, 5) is 16.0. The molecule has 1 atom stereocenters. The molecule has 23 heavy (non-hydrogen) atoms. The van der Waals surface area contributed by atoms with E-state index in [0.29, 0.717) is 13.0 Å². The molecule has 2 heterocycles. The molecule has 1 aliphatic rings. The van der Waals surface area contributed by atoms with Crippen LogP contribution in [0, 0.1) is 0 Å². The number of fused-ring (bicyclic) bond motifs is 1. The van der Waals surface area contributed by atoms with Crippen molar-refractivity contribution in [1.82, 2.24) is 10.2 Å². The number of carbonyl (C=O) groups is 1. The van der Waals surface area contributed by atoms with Crippen molar-refractivity contribution < 1.29 is 9.90 Å². The van der Waals surface area contributed by atoms with Gasteiger partial charge >= 0.3 is 6.03 Å². The largest absolute Gasteiger partial charge is 0.394 e. The van der Waals surface area contributed by atoms with Crippen molar-refractivity contribution >= 4 is 17.4 Å². The maximum absolute atomic E-state index is 12.7. The molecule has 0 saturated heterocycles. The fourth-order valence-corrected chi connectivity index (χ4v) is 3.96. The summed E-state index contributed by atoms with van der Waals surface area (Å²) < 4.78 is 0. The summed E-state index contributed by atoms with van der Waals surface area (Å²) in [6.45, 7) is 3.23. The number of benzene rings is 1. The summed E-state index contributed by atoms with van der Waals surface area (Å²) in [5, 5.41) is 15.1. The van der Waals surface area contributed by atoms with Crippen LogP contribution in [0.1, 0.15) is 29.3 Å². The number of amides is 2. The minimum absolute atomic E-state index is 0.110. The van der Waals surface area contributed by atoms with Gasteiger partial charge < -0.3 is 15.3 Å². The highest BCUT2D eigenvalue weighted by molar-refractivity contribution is 7.10. The normalized spacial score (nSPS) is 16.5. The van der Waals surface area contributed by atoms with Crippen LogP contribution in [-0.2, 0) is 18.5 Å². The van der Waals surface area contributed by atoms with Crippen LogP contribution >= 0.6 is 11.3 Å². The average Bonchev–Trinajstić information content (AvgIpc) is 3.08. The molecule has 0 aliphatic carbocycles. The van der Waals surface area contributed by atoms with Gasteiger partial charge in [-0.25, -0.2) is 4.79 Å². The molecule has 0 bridgehead atoms. The van der Waals surface area contributed by atoms with Crippen molar-refractivity contribution in [2.24, 2.45) is 0 Å². The van der Waals surface area contributed by atoms with Crippen LogP contribution in [0.5, 0.6) is 0 Å². The van der Waals surface area contributed by atoms with Crippen LogP contribution < -0.4 is 5.32 Å². The first-order valence-corrected chi connectivity index (χ1v) is 8.85. The zero-order valence-electron chi connectivity index (χ0n) is 13.3. The van der Waals surface area contributed by atoms with Crippen LogP contribution in [0.15, 0.2) is 41.8 Å². The molecule has 0 saturated carbocycles. The summed E-state index contributed by atoms with van der Waals surface area (Å²) in [7, 11) is 0. The third-order valence-electron chi connectivity index (χ3n) is 4.64. The van der Waals surface area contributed by atoms with Crippen LogP contribution in [0.3, 0.4) is 0 Å². The second kappa shape index (κ2) is 6.72. The van der Waals surface area contributed by atoms with E-state index >= 15 is 0 Å². The predicted octanol–water partition coefficient (Wildman–Crippen LogP) is 3.11. The molecule has 2 aromatic rings. The van der Waals surface area contributed by atoms with Gasteiger partial charge in [0.05, 0.1) is 12.1 Å². The van der Waals surface area contributed by atoms with Crippen molar-refractivity contribution in [3.63, 3.8) is 0 Å². The van der Waals surface area contributed by atoms with Gasteiger partial charge in [0.1, 0.15) is 0 Å². The van der Waals surface area contributed by atoms with Gasteiger partial charge in [-0.15, -0.1) is 11.3 Å². The number of nitrogens with one attached hydrogen (secondary N) is 1. The fraction of sp³-hybridized carbons (Fsp3) is 0.389. The number of rotatable bonds is 4. The molecule has 0 radical (unpaired) electrons. The Balaban J connectivity index is 1.77. The number of aliphatic hydroxyl groups is 1. The third-order valence-corrected chi connectivity index (χ3v) is 5.66. The molecule has 4 nitrogen and oxygen atoms in total. The topological polar surface area (TPSA) is 52.6 Å². The molecule has 1 aromatic carbocycles. The van der Waals surface area contributed by atoms with Gasteiger partial charge in [-0.3, -0.25) is 0 Å². The Morgan fingerprint density at radius 3 is 2.83 bits per heavy atom. The highest BCUT2D eigenvalue weighted by Crippen LogP contribution is 2.27. The average molecular weight is 330 g/mol. The lowest BCUT2D eigenvalue weighted by atomic mass is 9.88. The van der Waals surface area contributed by atoms with E-state index in [1.807, 2.05) is 42.2 Å². The van der Waals surface area contributed by atoms with Gasteiger partial charge in [0.25, 0.3) is 0 Å². The molecule has 5 heteroatoms. The molecule has 1 aromatic heterocycles. The Bertz CT molecular complexity index is 665. The van der Waals surface area contributed by atoms with E-state index in [4.69, 9.17) is 0 Å². The standard InChI is InChI=1S/C18H22N2O2S/c1-2-18(13-21,15-6-4-3-5-7-15)19-17(22)20-10-8-16-14(12-20)9-11-23-16/h3-7,9,11,21H,2,8,10,12-13H2,1H3,(H,19,22)/t18-/m1/s1. The summed E-state index contributed by atoms with van der Waals surface area (Å²) in [6.07, 6.45) is 1.54. The molecule has 0 fully saturated rings. The van der Waals surface area contributed by atoms with Crippen molar-refractivity contribution in [3.05, 3.63) is 57.8 Å².